The highest BCUT2D eigenvalue weighted by molar-refractivity contribution is 6.30. The van der Waals surface area contributed by atoms with Crippen LogP contribution in [-0.4, -0.2) is 24.4 Å². The molecule has 0 aliphatic heterocycles. The van der Waals surface area contributed by atoms with Gasteiger partial charge < -0.3 is 10.6 Å². The SMILES string of the molecule is CCC(CN)C(=O)N(C)C(C)c1ccc(Cl)cc1. The van der Waals surface area contributed by atoms with E-state index in [9.17, 15) is 4.79 Å². The zero-order valence-corrected chi connectivity index (χ0v) is 11.9. The Morgan fingerprint density at radius 1 is 1.39 bits per heavy atom. The van der Waals surface area contributed by atoms with Crippen molar-refractivity contribution in [1.82, 2.24) is 4.90 Å². The van der Waals surface area contributed by atoms with Crippen LogP contribution in [0.5, 0.6) is 0 Å². The zero-order valence-electron chi connectivity index (χ0n) is 11.2. The zero-order chi connectivity index (χ0) is 13.7. The highest BCUT2D eigenvalue weighted by atomic mass is 35.5. The molecule has 0 aliphatic carbocycles. The van der Waals surface area contributed by atoms with Crippen molar-refractivity contribution in [1.29, 1.82) is 0 Å². The van der Waals surface area contributed by atoms with Crippen LogP contribution in [0.2, 0.25) is 5.02 Å². The van der Waals surface area contributed by atoms with Gasteiger partial charge in [-0.3, -0.25) is 4.79 Å². The molecule has 2 atom stereocenters. The molecule has 1 amide bonds. The fourth-order valence-corrected chi connectivity index (χ4v) is 2.01. The monoisotopic (exact) mass is 268 g/mol. The first-order valence-electron chi connectivity index (χ1n) is 6.23. The van der Waals surface area contributed by atoms with E-state index < -0.39 is 0 Å². The van der Waals surface area contributed by atoms with E-state index in [0.717, 1.165) is 12.0 Å². The molecule has 100 valence electrons. The van der Waals surface area contributed by atoms with Crippen molar-refractivity contribution < 1.29 is 4.79 Å². The molecule has 2 unspecified atom stereocenters. The number of carbonyl (C=O) groups excluding carboxylic acids is 1. The van der Waals surface area contributed by atoms with Gasteiger partial charge in [-0.05, 0) is 31.0 Å². The fourth-order valence-electron chi connectivity index (χ4n) is 1.89. The Balaban J connectivity index is 2.80. The minimum Gasteiger partial charge on any atom is -0.339 e. The van der Waals surface area contributed by atoms with Crippen molar-refractivity contribution >= 4 is 17.5 Å². The molecule has 1 aromatic rings. The van der Waals surface area contributed by atoms with Crippen LogP contribution in [0, 0.1) is 5.92 Å². The number of nitrogens with zero attached hydrogens (tertiary/aromatic N) is 1. The predicted molar refractivity (Wildman–Crippen MR) is 75.5 cm³/mol. The maximum Gasteiger partial charge on any atom is 0.227 e. The van der Waals surface area contributed by atoms with Crippen LogP contribution >= 0.6 is 11.6 Å². The van der Waals surface area contributed by atoms with Crippen LogP contribution < -0.4 is 5.73 Å². The second-order valence-electron chi connectivity index (χ2n) is 4.52. The van der Waals surface area contributed by atoms with E-state index in [1.165, 1.54) is 0 Å². The van der Waals surface area contributed by atoms with Gasteiger partial charge in [0.05, 0.1) is 12.0 Å². The van der Waals surface area contributed by atoms with E-state index in [2.05, 4.69) is 0 Å². The molecule has 1 aromatic carbocycles. The van der Waals surface area contributed by atoms with E-state index >= 15 is 0 Å². The summed E-state index contributed by atoms with van der Waals surface area (Å²) < 4.78 is 0. The second-order valence-corrected chi connectivity index (χ2v) is 4.95. The lowest BCUT2D eigenvalue weighted by atomic mass is 10.0. The number of nitrogens with two attached hydrogens (primary N) is 1. The lowest BCUT2D eigenvalue weighted by Crippen LogP contribution is -2.37. The van der Waals surface area contributed by atoms with Gasteiger partial charge in [-0.1, -0.05) is 30.7 Å². The first kappa shape index (κ1) is 15.0. The van der Waals surface area contributed by atoms with Gasteiger partial charge in [-0.2, -0.15) is 0 Å². The van der Waals surface area contributed by atoms with Gasteiger partial charge in [0.15, 0.2) is 0 Å². The van der Waals surface area contributed by atoms with Crippen LogP contribution in [0.4, 0.5) is 0 Å². The highest BCUT2D eigenvalue weighted by Crippen LogP contribution is 2.22. The lowest BCUT2D eigenvalue weighted by molar-refractivity contribution is -0.135. The molecular weight excluding hydrogens is 248 g/mol. The van der Waals surface area contributed by atoms with E-state index in [1.54, 1.807) is 4.90 Å². The topological polar surface area (TPSA) is 46.3 Å². The normalized spacial score (nSPS) is 14.1. The quantitative estimate of drug-likeness (QED) is 0.893. The Labute approximate surface area is 114 Å². The van der Waals surface area contributed by atoms with Crippen molar-refractivity contribution in [3.05, 3.63) is 34.9 Å². The van der Waals surface area contributed by atoms with Crippen LogP contribution in [0.15, 0.2) is 24.3 Å². The minimum atomic E-state index is -0.0928. The molecule has 18 heavy (non-hydrogen) atoms. The summed E-state index contributed by atoms with van der Waals surface area (Å²) in [5.74, 6) is 0.00667. The standard InChI is InChI=1S/C14H21ClN2O/c1-4-11(9-16)14(18)17(3)10(2)12-5-7-13(15)8-6-12/h5-8,10-11H,4,9,16H2,1-3H3. The summed E-state index contributed by atoms with van der Waals surface area (Å²) in [6.07, 6.45) is 0.771. The molecule has 1 rings (SSSR count). The number of halogens is 1. The molecule has 0 bridgehead atoms. The third kappa shape index (κ3) is 3.47. The fraction of sp³-hybridized carbons (Fsp3) is 0.500. The molecule has 0 saturated carbocycles. The van der Waals surface area contributed by atoms with Crippen molar-refractivity contribution in [3.8, 4) is 0 Å². The largest absolute Gasteiger partial charge is 0.339 e. The molecule has 0 radical (unpaired) electrons. The van der Waals surface area contributed by atoms with Gasteiger partial charge in [0, 0.05) is 18.6 Å². The van der Waals surface area contributed by atoms with Gasteiger partial charge in [0.1, 0.15) is 0 Å². The molecule has 0 saturated heterocycles. The average molecular weight is 269 g/mol. The van der Waals surface area contributed by atoms with Crippen LogP contribution in [0.1, 0.15) is 31.9 Å². The van der Waals surface area contributed by atoms with Gasteiger partial charge in [-0.15, -0.1) is 0 Å². The Bertz CT molecular complexity index is 387. The highest BCUT2D eigenvalue weighted by Gasteiger charge is 2.23. The number of amides is 1. The number of hydrogen-bond acceptors (Lipinski definition) is 2. The van der Waals surface area contributed by atoms with Crippen LogP contribution in [0.3, 0.4) is 0 Å². The molecule has 4 heteroatoms. The summed E-state index contributed by atoms with van der Waals surface area (Å²) in [4.78, 5) is 14.0. The van der Waals surface area contributed by atoms with E-state index in [1.807, 2.05) is 45.2 Å². The Hall–Kier alpha value is -1.06. The summed E-state index contributed by atoms with van der Waals surface area (Å²) in [6.45, 7) is 4.38. The lowest BCUT2D eigenvalue weighted by Gasteiger charge is -2.28. The van der Waals surface area contributed by atoms with Crippen molar-refractivity contribution in [2.24, 2.45) is 11.7 Å². The molecular formula is C14H21ClN2O. The predicted octanol–water partition coefficient (Wildman–Crippen LogP) is 2.84. The maximum atomic E-state index is 12.2. The molecule has 3 nitrogen and oxygen atoms in total. The first-order chi connectivity index (χ1) is 8.51. The molecule has 0 fully saturated rings. The average Bonchev–Trinajstić information content (AvgIpc) is 2.39. The molecule has 0 aliphatic rings. The van der Waals surface area contributed by atoms with Crippen molar-refractivity contribution in [2.75, 3.05) is 13.6 Å². The summed E-state index contributed by atoms with van der Waals surface area (Å²) in [5, 5.41) is 0.702. The number of rotatable bonds is 5. The van der Waals surface area contributed by atoms with E-state index in [4.69, 9.17) is 17.3 Å². The third-order valence-electron chi connectivity index (χ3n) is 3.41. The number of benzene rings is 1. The smallest absolute Gasteiger partial charge is 0.227 e. The van der Waals surface area contributed by atoms with Gasteiger partial charge >= 0.3 is 0 Å². The van der Waals surface area contributed by atoms with Gasteiger partial charge in [-0.25, -0.2) is 0 Å². The summed E-state index contributed by atoms with van der Waals surface area (Å²) in [6, 6.07) is 7.59. The summed E-state index contributed by atoms with van der Waals surface area (Å²) in [7, 11) is 1.82. The van der Waals surface area contributed by atoms with Crippen LogP contribution in [0.25, 0.3) is 0 Å². The molecule has 2 N–H and O–H groups in total. The third-order valence-corrected chi connectivity index (χ3v) is 3.66. The first-order valence-corrected chi connectivity index (χ1v) is 6.61. The minimum absolute atomic E-state index is 0.0235. The van der Waals surface area contributed by atoms with Gasteiger partial charge in [0.2, 0.25) is 5.91 Å². The van der Waals surface area contributed by atoms with Crippen molar-refractivity contribution in [3.63, 3.8) is 0 Å². The number of carbonyl (C=O) groups is 1. The van der Waals surface area contributed by atoms with E-state index in [-0.39, 0.29) is 17.9 Å². The van der Waals surface area contributed by atoms with Crippen LogP contribution in [-0.2, 0) is 4.79 Å². The summed E-state index contributed by atoms with van der Waals surface area (Å²) >= 11 is 5.86. The van der Waals surface area contributed by atoms with Gasteiger partial charge in [0.25, 0.3) is 0 Å². The maximum absolute atomic E-state index is 12.2. The van der Waals surface area contributed by atoms with E-state index in [0.29, 0.717) is 11.6 Å². The second kappa shape index (κ2) is 6.76. The number of hydrogen-bond donors (Lipinski definition) is 1. The molecule has 0 spiro atoms. The summed E-state index contributed by atoms with van der Waals surface area (Å²) in [5.41, 5.74) is 6.69. The Morgan fingerprint density at radius 2 is 1.94 bits per heavy atom. The van der Waals surface area contributed by atoms with Crippen molar-refractivity contribution in [2.45, 2.75) is 26.3 Å². The molecule has 0 heterocycles. The Morgan fingerprint density at radius 3 is 2.39 bits per heavy atom. The molecule has 0 aromatic heterocycles. The Kier molecular flexibility index (Phi) is 5.63.